The number of fused-ring (bicyclic) bond motifs is 9. The molecular formula is C48H31NS. The zero-order valence-corrected chi connectivity index (χ0v) is 28.1. The monoisotopic (exact) mass is 653 g/mol. The van der Waals surface area contributed by atoms with Gasteiger partial charge in [0.25, 0.3) is 0 Å². The van der Waals surface area contributed by atoms with Gasteiger partial charge in [-0.05, 0) is 109 Å². The van der Waals surface area contributed by atoms with Crippen LogP contribution in [0.2, 0.25) is 0 Å². The second-order valence-corrected chi connectivity index (χ2v) is 14.0. The summed E-state index contributed by atoms with van der Waals surface area (Å²) in [6, 6.07) is 68.8. The molecule has 0 unspecified atom stereocenters. The molecule has 0 radical (unpaired) electrons. The van der Waals surface area contributed by atoms with Crippen LogP contribution in [0.3, 0.4) is 0 Å². The predicted molar refractivity (Wildman–Crippen MR) is 217 cm³/mol. The number of nitrogens with zero attached hydrogens (tertiary/aromatic N) is 1. The molecule has 50 heavy (non-hydrogen) atoms. The lowest BCUT2D eigenvalue weighted by molar-refractivity contribution is 1.29. The van der Waals surface area contributed by atoms with Crippen LogP contribution in [0.5, 0.6) is 0 Å². The average Bonchev–Trinajstić information content (AvgIpc) is 3.57. The predicted octanol–water partition coefficient (Wildman–Crippen LogP) is 14.3. The normalized spacial score (nSPS) is 11.6. The Morgan fingerprint density at radius 1 is 0.260 bits per heavy atom. The van der Waals surface area contributed by atoms with E-state index in [0.29, 0.717) is 0 Å². The lowest BCUT2D eigenvalue weighted by Crippen LogP contribution is -2.10. The highest BCUT2D eigenvalue weighted by Crippen LogP contribution is 2.43. The van der Waals surface area contributed by atoms with Crippen LogP contribution in [-0.2, 0) is 0 Å². The first-order valence-corrected chi connectivity index (χ1v) is 17.9. The van der Waals surface area contributed by atoms with Crippen molar-refractivity contribution in [3.8, 4) is 22.3 Å². The molecular weight excluding hydrogens is 623 g/mol. The molecule has 1 heterocycles. The van der Waals surface area contributed by atoms with Gasteiger partial charge in [0, 0.05) is 37.2 Å². The molecule has 0 saturated carbocycles. The number of anilines is 3. The number of hydrogen-bond acceptors (Lipinski definition) is 2. The first kappa shape index (κ1) is 28.8. The summed E-state index contributed by atoms with van der Waals surface area (Å²) in [5.74, 6) is 0. The third-order valence-electron chi connectivity index (χ3n) is 10.0. The van der Waals surface area contributed by atoms with Crippen molar-refractivity contribution >= 4 is 80.9 Å². The molecule has 0 aliphatic carbocycles. The van der Waals surface area contributed by atoms with Crippen LogP contribution in [0.4, 0.5) is 17.1 Å². The summed E-state index contributed by atoms with van der Waals surface area (Å²) in [5.41, 5.74) is 8.20. The molecule has 0 aliphatic rings. The summed E-state index contributed by atoms with van der Waals surface area (Å²) in [5, 5.41) is 10.3. The van der Waals surface area contributed by atoms with Crippen molar-refractivity contribution in [1.82, 2.24) is 0 Å². The smallest absolute Gasteiger partial charge is 0.0468 e. The Morgan fingerprint density at radius 2 is 0.760 bits per heavy atom. The third kappa shape index (κ3) is 4.76. The molecule has 234 valence electrons. The van der Waals surface area contributed by atoms with Crippen LogP contribution < -0.4 is 4.90 Å². The molecule has 0 spiro atoms. The SMILES string of the molecule is c1ccc(-c2ccc(N(c3cccc(-c4ccc5sc6ccccc6c5c4)c3)c3ccc4c5ccccc5c5ccccc5c4c3)cc2)cc1. The highest BCUT2D eigenvalue weighted by atomic mass is 32.1. The summed E-state index contributed by atoms with van der Waals surface area (Å²) in [7, 11) is 0. The van der Waals surface area contributed by atoms with Crippen molar-refractivity contribution in [3.05, 3.63) is 188 Å². The molecule has 2 heteroatoms. The summed E-state index contributed by atoms with van der Waals surface area (Å²) in [6.45, 7) is 0. The molecule has 0 bridgehead atoms. The number of benzene rings is 9. The molecule has 0 saturated heterocycles. The number of hydrogen-bond donors (Lipinski definition) is 0. The van der Waals surface area contributed by atoms with Gasteiger partial charge in [0.2, 0.25) is 0 Å². The van der Waals surface area contributed by atoms with Crippen LogP contribution in [0.25, 0.3) is 74.7 Å². The number of thiophene rings is 1. The maximum atomic E-state index is 2.40. The zero-order valence-electron chi connectivity index (χ0n) is 27.3. The lowest BCUT2D eigenvalue weighted by Gasteiger charge is -2.27. The Balaban J connectivity index is 1.16. The standard InChI is InChI=1S/C48H31NS/c1-2-11-32(12-3-1)33-21-24-36(25-22-33)49(38-26-27-43-41-17-5-4-15-39(41)40-16-6-7-18-42(40)45(43)31-38)37-14-10-13-34(29-37)35-23-28-48-46(30-35)44-19-8-9-20-47(44)50-48/h1-31H. The Kier molecular flexibility index (Phi) is 6.75. The van der Waals surface area contributed by atoms with E-state index in [4.69, 9.17) is 0 Å². The molecule has 1 aromatic heterocycles. The highest BCUT2D eigenvalue weighted by molar-refractivity contribution is 7.25. The van der Waals surface area contributed by atoms with Gasteiger partial charge >= 0.3 is 0 Å². The van der Waals surface area contributed by atoms with E-state index in [-0.39, 0.29) is 0 Å². The van der Waals surface area contributed by atoms with Gasteiger partial charge in [-0.15, -0.1) is 11.3 Å². The topological polar surface area (TPSA) is 3.24 Å². The van der Waals surface area contributed by atoms with E-state index < -0.39 is 0 Å². The fourth-order valence-electron chi connectivity index (χ4n) is 7.65. The highest BCUT2D eigenvalue weighted by Gasteiger charge is 2.17. The molecule has 0 atom stereocenters. The molecule has 1 nitrogen and oxygen atoms in total. The molecule has 0 fully saturated rings. The molecule has 0 amide bonds. The van der Waals surface area contributed by atoms with Gasteiger partial charge in [-0.2, -0.15) is 0 Å². The molecule has 0 aliphatic heterocycles. The van der Waals surface area contributed by atoms with E-state index in [1.165, 1.54) is 74.7 Å². The van der Waals surface area contributed by atoms with Gasteiger partial charge in [0.05, 0.1) is 0 Å². The fraction of sp³-hybridized carbons (Fsp3) is 0. The van der Waals surface area contributed by atoms with Crippen molar-refractivity contribution in [2.24, 2.45) is 0 Å². The largest absolute Gasteiger partial charge is 0.310 e. The first-order valence-electron chi connectivity index (χ1n) is 17.1. The minimum atomic E-state index is 1.12. The van der Waals surface area contributed by atoms with Crippen molar-refractivity contribution in [1.29, 1.82) is 0 Å². The van der Waals surface area contributed by atoms with Crippen molar-refractivity contribution in [2.75, 3.05) is 4.90 Å². The summed E-state index contributed by atoms with van der Waals surface area (Å²) in [6.07, 6.45) is 0. The molecule has 9 aromatic carbocycles. The first-order chi connectivity index (χ1) is 24.8. The van der Waals surface area contributed by atoms with E-state index in [1.807, 2.05) is 11.3 Å². The van der Waals surface area contributed by atoms with E-state index in [1.54, 1.807) is 0 Å². The third-order valence-corrected chi connectivity index (χ3v) is 11.2. The Morgan fingerprint density at radius 3 is 1.50 bits per heavy atom. The fourth-order valence-corrected chi connectivity index (χ4v) is 8.73. The van der Waals surface area contributed by atoms with E-state index in [0.717, 1.165) is 17.1 Å². The Hall–Kier alpha value is -6.22. The van der Waals surface area contributed by atoms with Crippen LogP contribution >= 0.6 is 11.3 Å². The molecule has 10 aromatic rings. The van der Waals surface area contributed by atoms with Gasteiger partial charge in [-0.25, -0.2) is 0 Å². The maximum absolute atomic E-state index is 2.40. The lowest BCUT2D eigenvalue weighted by atomic mass is 9.94. The summed E-state index contributed by atoms with van der Waals surface area (Å²) < 4.78 is 2.65. The quantitative estimate of drug-likeness (QED) is 0.167. The van der Waals surface area contributed by atoms with E-state index >= 15 is 0 Å². The van der Waals surface area contributed by atoms with Crippen molar-refractivity contribution in [3.63, 3.8) is 0 Å². The second kappa shape index (κ2) is 11.7. The average molecular weight is 654 g/mol. The second-order valence-electron chi connectivity index (χ2n) is 12.9. The van der Waals surface area contributed by atoms with Gasteiger partial charge in [-0.1, -0.05) is 133 Å². The molecule has 0 N–H and O–H groups in total. The van der Waals surface area contributed by atoms with Crippen molar-refractivity contribution in [2.45, 2.75) is 0 Å². The minimum absolute atomic E-state index is 1.12. The summed E-state index contributed by atoms with van der Waals surface area (Å²) >= 11 is 1.86. The summed E-state index contributed by atoms with van der Waals surface area (Å²) in [4.78, 5) is 2.40. The van der Waals surface area contributed by atoms with Crippen LogP contribution in [0.1, 0.15) is 0 Å². The van der Waals surface area contributed by atoms with Crippen LogP contribution in [-0.4, -0.2) is 0 Å². The Labute approximate surface area is 294 Å². The van der Waals surface area contributed by atoms with Gasteiger partial charge < -0.3 is 4.90 Å². The van der Waals surface area contributed by atoms with Crippen LogP contribution in [0.15, 0.2) is 188 Å². The minimum Gasteiger partial charge on any atom is -0.310 e. The van der Waals surface area contributed by atoms with Gasteiger partial charge in [-0.3, -0.25) is 0 Å². The van der Waals surface area contributed by atoms with Crippen molar-refractivity contribution < 1.29 is 0 Å². The Bertz CT molecular complexity index is 2830. The molecule has 10 rings (SSSR count). The van der Waals surface area contributed by atoms with Gasteiger partial charge in [0.1, 0.15) is 0 Å². The number of rotatable bonds is 5. The maximum Gasteiger partial charge on any atom is 0.0468 e. The van der Waals surface area contributed by atoms with Gasteiger partial charge in [0.15, 0.2) is 0 Å². The van der Waals surface area contributed by atoms with E-state index in [2.05, 4.69) is 193 Å². The van der Waals surface area contributed by atoms with Crippen LogP contribution in [0, 0.1) is 0 Å². The zero-order chi connectivity index (χ0) is 33.0. The van der Waals surface area contributed by atoms with E-state index in [9.17, 15) is 0 Å².